The number of methoxy groups -OCH3 is 1. The van der Waals surface area contributed by atoms with Crippen molar-refractivity contribution in [3.05, 3.63) is 29.8 Å². The van der Waals surface area contributed by atoms with E-state index in [0.29, 0.717) is 13.2 Å². The lowest BCUT2D eigenvalue weighted by Gasteiger charge is -2.40. The van der Waals surface area contributed by atoms with Crippen LogP contribution in [0.15, 0.2) is 24.3 Å². The van der Waals surface area contributed by atoms with E-state index in [-0.39, 0.29) is 12.0 Å². The molecule has 1 fully saturated rings. The van der Waals surface area contributed by atoms with Crippen molar-refractivity contribution in [3.8, 4) is 5.75 Å². The van der Waals surface area contributed by atoms with Crippen molar-refractivity contribution in [2.24, 2.45) is 5.41 Å². The third-order valence-corrected chi connectivity index (χ3v) is 2.87. The Morgan fingerprint density at radius 1 is 1.47 bits per heavy atom. The number of aliphatic hydroxyl groups excluding tert-OH is 1. The Balaban J connectivity index is 2.09. The fourth-order valence-corrected chi connectivity index (χ4v) is 1.86. The number of hydrogen-bond donors (Lipinski definition) is 1. The van der Waals surface area contributed by atoms with Gasteiger partial charge in [-0.15, -0.1) is 0 Å². The monoisotopic (exact) mass is 208 g/mol. The minimum atomic E-state index is -0.0631. The normalized spacial score (nSPS) is 18.3. The van der Waals surface area contributed by atoms with Gasteiger partial charge in [-0.3, -0.25) is 0 Å². The zero-order valence-corrected chi connectivity index (χ0v) is 8.90. The Morgan fingerprint density at radius 2 is 2.27 bits per heavy atom. The second-order valence-corrected chi connectivity index (χ2v) is 4.18. The van der Waals surface area contributed by atoms with Gasteiger partial charge in [0.25, 0.3) is 0 Å². The van der Waals surface area contributed by atoms with E-state index in [1.54, 1.807) is 7.11 Å². The molecule has 1 heterocycles. The molecule has 1 aromatic carbocycles. The van der Waals surface area contributed by atoms with Crippen molar-refractivity contribution in [2.45, 2.75) is 6.42 Å². The van der Waals surface area contributed by atoms with Gasteiger partial charge in [0.05, 0.1) is 26.9 Å². The summed E-state index contributed by atoms with van der Waals surface area (Å²) in [5.74, 6) is 0.862. The maximum atomic E-state index is 9.31. The molecule has 1 aliphatic rings. The summed E-state index contributed by atoms with van der Waals surface area (Å²) in [5, 5.41) is 9.31. The first kappa shape index (κ1) is 10.5. The van der Waals surface area contributed by atoms with E-state index < -0.39 is 0 Å². The topological polar surface area (TPSA) is 38.7 Å². The van der Waals surface area contributed by atoms with E-state index in [2.05, 4.69) is 6.07 Å². The standard InChI is InChI=1S/C12H16O3/c1-14-11-4-2-3-10(5-11)6-12(7-13)8-15-9-12/h2-5,13H,6-9H2,1H3. The van der Waals surface area contributed by atoms with Gasteiger partial charge in [0.2, 0.25) is 0 Å². The third kappa shape index (κ3) is 2.13. The van der Waals surface area contributed by atoms with Gasteiger partial charge in [0, 0.05) is 5.41 Å². The summed E-state index contributed by atoms with van der Waals surface area (Å²) >= 11 is 0. The van der Waals surface area contributed by atoms with Gasteiger partial charge < -0.3 is 14.6 Å². The highest BCUT2D eigenvalue weighted by molar-refractivity contribution is 5.29. The van der Waals surface area contributed by atoms with Gasteiger partial charge in [-0.25, -0.2) is 0 Å². The highest BCUT2D eigenvalue weighted by atomic mass is 16.5. The van der Waals surface area contributed by atoms with Crippen LogP contribution in [0.1, 0.15) is 5.56 Å². The molecule has 0 aromatic heterocycles. The largest absolute Gasteiger partial charge is 0.497 e. The first-order valence-corrected chi connectivity index (χ1v) is 5.10. The van der Waals surface area contributed by atoms with E-state index in [0.717, 1.165) is 12.2 Å². The Morgan fingerprint density at radius 3 is 2.80 bits per heavy atom. The number of aliphatic hydroxyl groups is 1. The summed E-state index contributed by atoms with van der Waals surface area (Å²) in [5.41, 5.74) is 1.12. The van der Waals surface area contributed by atoms with E-state index >= 15 is 0 Å². The minimum Gasteiger partial charge on any atom is -0.497 e. The maximum Gasteiger partial charge on any atom is 0.119 e. The van der Waals surface area contributed by atoms with Crippen molar-refractivity contribution < 1.29 is 14.6 Å². The summed E-state index contributed by atoms with van der Waals surface area (Å²) < 4.78 is 10.3. The lowest BCUT2D eigenvalue weighted by atomic mass is 9.80. The van der Waals surface area contributed by atoms with Crippen LogP contribution in [0.2, 0.25) is 0 Å². The maximum absolute atomic E-state index is 9.31. The summed E-state index contributed by atoms with van der Waals surface area (Å²) in [6.07, 6.45) is 0.848. The zero-order valence-electron chi connectivity index (χ0n) is 8.90. The molecule has 1 aromatic rings. The smallest absolute Gasteiger partial charge is 0.119 e. The minimum absolute atomic E-state index is 0.0631. The van der Waals surface area contributed by atoms with E-state index in [1.807, 2.05) is 18.2 Å². The van der Waals surface area contributed by atoms with Crippen LogP contribution in [-0.2, 0) is 11.2 Å². The molecule has 1 saturated heterocycles. The molecule has 0 atom stereocenters. The first-order chi connectivity index (χ1) is 7.28. The average Bonchev–Trinajstić information content (AvgIpc) is 2.24. The summed E-state index contributed by atoms with van der Waals surface area (Å²) in [7, 11) is 1.66. The van der Waals surface area contributed by atoms with Gasteiger partial charge in [0.1, 0.15) is 5.75 Å². The van der Waals surface area contributed by atoms with Gasteiger partial charge in [0.15, 0.2) is 0 Å². The van der Waals surface area contributed by atoms with Crippen LogP contribution in [0.3, 0.4) is 0 Å². The first-order valence-electron chi connectivity index (χ1n) is 5.10. The Labute approximate surface area is 89.6 Å². The third-order valence-electron chi connectivity index (χ3n) is 2.87. The van der Waals surface area contributed by atoms with Gasteiger partial charge in [-0.05, 0) is 24.1 Å². The van der Waals surface area contributed by atoms with Crippen LogP contribution < -0.4 is 4.74 Å². The predicted octanol–water partition coefficient (Wildman–Crippen LogP) is 1.25. The molecule has 15 heavy (non-hydrogen) atoms. The van der Waals surface area contributed by atoms with E-state index in [1.165, 1.54) is 5.56 Å². The van der Waals surface area contributed by atoms with Crippen molar-refractivity contribution in [1.29, 1.82) is 0 Å². The molecule has 3 heteroatoms. The van der Waals surface area contributed by atoms with Crippen molar-refractivity contribution in [3.63, 3.8) is 0 Å². The van der Waals surface area contributed by atoms with Gasteiger partial charge in [-0.2, -0.15) is 0 Å². The van der Waals surface area contributed by atoms with Crippen LogP contribution in [0.4, 0.5) is 0 Å². The summed E-state index contributed by atoms with van der Waals surface area (Å²) in [6.45, 7) is 1.49. The fourth-order valence-electron chi connectivity index (χ4n) is 1.86. The molecule has 2 rings (SSSR count). The molecule has 0 bridgehead atoms. The molecule has 0 spiro atoms. The molecule has 3 nitrogen and oxygen atoms in total. The lowest BCUT2D eigenvalue weighted by Crippen LogP contribution is -2.47. The van der Waals surface area contributed by atoms with Crippen LogP contribution in [0.5, 0.6) is 5.75 Å². The SMILES string of the molecule is COc1cccc(CC2(CO)COC2)c1. The summed E-state index contributed by atoms with van der Waals surface area (Å²) in [6, 6.07) is 7.96. The van der Waals surface area contributed by atoms with E-state index in [9.17, 15) is 5.11 Å². The number of ether oxygens (including phenoxy) is 2. The Hall–Kier alpha value is -1.06. The highest BCUT2D eigenvalue weighted by Crippen LogP contribution is 2.31. The number of hydrogen-bond acceptors (Lipinski definition) is 3. The highest BCUT2D eigenvalue weighted by Gasteiger charge is 2.37. The molecule has 0 aliphatic carbocycles. The molecule has 1 N–H and O–H groups in total. The fraction of sp³-hybridized carbons (Fsp3) is 0.500. The van der Waals surface area contributed by atoms with Gasteiger partial charge in [-0.1, -0.05) is 12.1 Å². The Kier molecular flexibility index (Phi) is 2.93. The molecule has 0 unspecified atom stereocenters. The van der Waals surface area contributed by atoms with E-state index in [4.69, 9.17) is 9.47 Å². The molecule has 0 amide bonds. The second-order valence-electron chi connectivity index (χ2n) is 4.18. The van der Waals surface area contributed by atoms with Crippen LogP contribution in [0, 0.1) is 5.41 Å². The molecule has 0 radical (unpaired) electrons. The molecular formula is C12H16O3. The van der Waals surface area contributed by atoms with Crippen molar-refractivity contribution in [2.75, 3.05) is 26.9 Å². The van der Waals surface area contributed by atoms with Crippen LogP contribution in [0.25, 0.3) is 0 Å². The molecule has 82 valence electrons. The zero-order chi connectivity index (χ0) is 10.7. The average molecular weight is 208 g/mol. The quantitative estimate of drug-likeness (QED) is 0.809. The van der Waals surface area contributed by atoms with Gasteiger partial charge >= 0.3 is 0 Å². The van der Waals surface area contributed by atoms with Crippen LogP contribution in [-0.4, -0.2) is 32.0 Å². The molecule has 0 saturated carbocycles. The summed E-state index contributed by atoms with van der Waals surface area (Å²) in [4.78, 5) is 0. The van der Waals surface area contributed by atoms with Crippen molar-refractivity contribution >= 4 is 0 Å². The lowest BCUT2D eigenvalue weighted by molar-refractivity contribution is -0.136. The van der Waals surface area contributed by atoms with Crippen molar-refractivity contribution in [1.82, 2.24) is 0 Å². The Bertz CT molecular complexity index is 326. The molecular weight excluding hydrogens is 192 g/mol. The molecule has 1 aliphatic heterocycles. The number of rotatable bonds is 4. The predicted molar refractivity (Wildman–Crippen MR) is 57.0 cm³/mol. The number of benzene rings is 1. The van der Waals surface area contributed by atoms with Crippen LogP contribution >= 0.6 is 0 Å². The second kappa shape index (κ2) is 4.21.